The number of aromatic nitrogens is 4. The first-order chi connectivity index (χ1) is 13.7. The van der Waals surface area contributed by atoms with Crippen molar-refractivity contribution >= 4 is 44.4 Å². The van der Waals surface area contributed by atoms with Crippen molar-refractivity contribution in [3.05, 3.63) is 70.4 Å². The van der Waals surface area contributed by atoms with E-state index in [-0.39, 0.29) is 5.82 Å². The molecule has 2 aromatic heterocycles. The van der Waals surface area contributed by atoms with Gasteiger partial charge in [-0.05, 0) is 12.1 Å². The number of aliphatic hydroxyl groups is 1. The van der Waals surface area contributed by atoms with Crippen LogP contribution in [0.5, 0.6) is 0 Å². The van der Waals surface area contributed by atoms with E-state index < -0.39 is 16.4 Å². The minimum Gasteiger partial charge on any atom is -0.379 e. The number of hydrogen-bond acceptors (Lipinski definition) is 5. The number of aliphatic hydroxyl groups excluding tert-OH is 1. The molecule has 0 radical (unpaired) electrons. The average Bonchev–Trinajstić information content (AvgIpc) is 3.25. The predicted octanol–water partition coefficient (Wildman–Crippen LogP) is 3.48. The Balaban J connectivity index is 1.92. The van der Waals surface area contributed by atoms with E-state index >= 15 is 0 Å². The highest BCUT2D eigenvalue weighted by Gasteiger charge is 2.27. The van der Waals surface area contributed by atoms with Gasteiger partial charge in [0.15, 0.2) is 11.9 Å². The zero-order valence-electron chi connectivity index (χ0n) is 14.9. The van der Waals surface area contributed by atoms with Crippen LogP contribution in [0.2, 0.25) is 10.0 Å². The van der Waals surface area contributed by atoms with E-state index in [1.165, 1.54) is 10.9 Å². The summed E-state index contributed by atoms with van der Waals surface area (Å²) in [5, 5.41) is 16.9. The molecular weight excluding hydrogens is 439 g/mol. The molecule has 0 saturated carbocycles. The third kappa shape index (κ3) is 3.41. The Morgan fingerprint density at radius 1 is 1.14 bits per heavy atom. The Bertz CT molecular complexity index is 1350. The van der Waals surface area contributed by atoms with Crippen LogP contribution in [0.4, 0.5) is 0 Å². The first-order valence-corrected chi connectivity index (χ1v) is 10.4. The van der Waals surface area contributed by atoms with Crippen molar-refractivity contribution < 1.29 is 18.1 Å². The summed E-state index contributed by atoms with van der Waals surface area (Å²) in [4.78, 5) is 3.89. The first kappa shape index (κ1) is 19.9. The summed E-state index contributed by atoms with van der Waals surface area (Å²) >= 11 is 12.3. The number of benzene rings is 2. The van der Waals surface area contributed by atoms with Crippen molar-refractivity contribution in [2.75, 3.05) is 0 Å². The minimum atomic E-state index is -4.62. The van der Waals surface area contributed by atoms with Gasteiger partial charge in [0.2, 0.25) is 0 Å². The summed E-state index contributed by atoms with van der Waals surface area (Å²) in [5.41, 5.74) is 2.29. The van der Waals surface area contributed by atoms with E-state index in [1.807, 2.05) is 6.07 Å². The Morgan fingerprint density at radius 3 is 2.59 bits per heavy atom. The molecule has 0 amide bonds. The lowest BCUT2D eigenvalue weighted by molar-refractivity contribution is 0.200. The van der Waals surface area contributed by atoms with Gasteiger partial charge in [-0.25, -0.2) is 8.96 Å². The average molecular weight is 453 g/mol. The van der Waals surface area contributed by atoms with Gasteiger partial charge in [0.05, 0.1) is 5.69 Å². The molecular formula is C18H14Cl2N4O4S. The number of halogens is 2. The Kier molecular flexibility index (Phi) is 4.88. The van der Waals surface area contributed by atoms with Crippen LogP contribution in [0.3, 0.4) is 0 Å². The number of fused-ring (bicyclic) bond motifs is 1. The van der Waals surface area contributed by atoms with Gasteiger partial charge in [0.25, 0.3) is 0 Å². The predicted molar refractivity (Wildman–Crippen MR) is 109 cm³/mol. The van der Waals surface area contributed by atoms with Crippen LogP contribution in [0, 0.1) is 0 Å². The fourth-order valence-corrected chi connectivity index (χ4v) is 4.40. The van der Waals surface area contributed by atoms with E-state index in [9.17, 15) is 18.1 Å². The lowest BCUT2D eigenvalue weighted by atomic mass is 10.0. The van der Waals surface area contributed by atoms with Gasteiger partial charge < -0.3 is 5.11 Å². The van der Waals surface area contributed by atoms with Gasteiger partial charge in [-0.15, -0.1) is 0 Å². The molecule has 8 nitrogen and oxygen atoms in total. The highest BCUT2D eigenvalue weighted by Crippen LogP contribution is 2.37. The SMILES string of the molecule is Cn1nc2c(-c3ccc(Cl)cc3Cl)cccc2c1C(O)c1nccn1S(=O)(=O)O. The van der Waals surface area contributed by atoms with Crippen LogP contribution in [0.15, 0.2) is 48.8 Å². The second kappa shape index (κ2) is 7.12. The van der Waals surface area contributed by atoms with Crippen LogP contribution >= 0.6 is 23.2 Å². The summed E-state index contributed by atoms with van der Waals surface area (Å²) in [7, 11) is -3.00. The second-order valence-corrected chi connectivity index (χ2v) is 8.43. The number of hydrogen-bond donors (Lipinski definition) is 2. The summed E-state index contributed by atoms with van der Waals surface area (Å²) < 4.78 is 34.4. The molecule has 2 aromatic carbocycles. The monoisotopic (exact) mass is 452 g/mol. The fourth-order valence-electron chi connectivity index (χ4n) is 3.30. The first-order valence-electron chi connectivity index (χ1n) is 8.29. The Morgan fingerprint density at radius 2 is 1.90 bits per heavy atom. The molecule has 29 heavy (non-hydrogen) atoms. The van der Waals surface area contributed by atoms with Gasteiger partial charge in [0, 0.05) is 46.0 Å². The van der Waals surface area contributed by atoms with Crippen LogP contribution in [0.25, 0.3) is 22.0 Å². The molecule has 0 saturated heterocycles. The van der Waals surface area contributed by atoms with Gasteiger partial charge >= 0.3 is 10.3 Å². The summed E-state index contributed by atoms with van der Waals surface area (Å²) in [6.45, 7) is 0. The highest BCUT2D eigenvalue weighted by molar-refractivity contribution is 7.84. The third-order valence-corrected chi connectivity index (χ3v) is 5.87. The molecule has 2 heterocycles. The van der Waals surface area contributed by atoms with Gasteiger partial charge in [0.1, 0.15) is 5.52 Å². The summed E-state index contributed by atoms with van der Waals surface area (Å²) in [5.74, 6) is -0.257. The number of aryl methyl sites for hydroxylation is 1. The van der Waals surface area contributed by atoms with Crippen molar-refractivity contribution in [1.82, 2.24) is 18.7 Å². The van der Waals surface area contributed by atoms with Crippen LogP contribution in [0.1, 0.15) is 17.6 Å². The molecule has 4 rings (SSSR count). The largest absolute Gasteiger partial charge is 0.379 e. The molecule has 11 heteroatoms. The Labute approximate surface area is 175 Å². The van der Waals surface area contributed by atoms with Crippen molar-refractivity contribution in [3.8, 4) is 11.1 Å². The van der Waals surface area contributed by atoms with Crippen molar-refractivity contribution in [1.29, 1.82) is 0 Å². The third-order valence-electron chi connectivity index (χ3n) is 4.52. The number of imidazole rings is 1. The van der Waals surface area contributed by atoms with Crippen LogP contribution < -0.4 is 0 Å². The molecule has 0 aliphatic heterocycles. The van der Waals surface area contributed by atoms with Crippen molar-refractivity contribution in [3.63, 3.8) is 0 Å². The smallest absolute Gasteiger partial charge is 0.364 e. The topological polar surface area (TPSA) is 110 Å². The number of rotatable bonds is 4. The molecule has 0 aliphatic rings. The molecule has 0 spiro atoms. The molecule has 0 bridgehead atoms. The second-order valence-electron chi connectivity index (χ2n) is 6.30. The van der Waals surface area contributed by atoms with Gasteiger partial charge in [-0.2, -0.15) is 13.5 Å². The summed E-state index contributed by atoms with van der Waals surface area (Å²) in [6, 6.07) is 10.5. The quantitative estimate of drug-likeness (QED) is 0.458. The van der Waals surface area contributed by atoms with Gasteiger partial charge in [-0.3, -0.25) is 9.23 Å². The molecule has 2 N–H and O–H groups in total. The molecule has 0 fully saturated rings. The molecule has 1 unspecified atom stereocenters. The van der Waals surface area contributed by atoms with E-state index in [0.29, 0.717) is 36.2 Å². The molecule has 150 valence electrons. The zero-order chi connectivity index (χ0) is 20.9. The van der Waals surface area contributed by atoms with E-state index in [4.69, 9.17) is 23.2 Å². The number of nitrogens with zero attached hydrogens (tertiary/aromatic N) is 4. The maximum Gasteiger partial charge on any atom is 0.364 e. The highest BCUT2D eigenvalue weighted by atomic mass is 35.5. The van der Waals surface area contributed by atoms with Crippen LogP contribution in [-0.4, -0.2) is 36.8 Å². The van der Waals surface area contributed by atoms with Crippen molar-refractivity contribution in [2.45, 2.75) is 6.10 Å². The summed E-state index contributed by atoms with van der Waals surface area (Å²) in [6.07, 6.45) is 0.757. The van der Waals surface area contributed by atoms with E-state index in [2.05, 4.69) is 10.1 Å². The zero-order valence-corrected chi connectivity index (χ0v) is 17.2. The van der Waals surface area contributed by atoms with E-state index in [1.54, 1.807) is 37.4 Å². The maximum atomic E-state index is 11.6. The van der Waals surface area contributed by atoms with E-state index in [0.717, 1.165) is 11.8 Å². The minimum absolute atomic E-state index is 0.257. The lowest BCUT2D eigenvalue weighted by Crippen LogP contribution is -2.18. The lowest BCUT2D eigenvalue weighted by Gasteiger charge is -2.12. The van der Waals surface area contributed by atoms with Crippen molar-refractivity contribution in [2.24, 2.45) is 7.05 Å². The Hall–Kier alpha value is -2.43. The fraction of sp³-hybridized carbons (Fsp3) is 0.111. The van der Waals surface area contributed by atoms with Crippen LogP contribution in [-0.2, 0) is 17.4 Å². The molecule has 4 aromatic rings. The van der Waals surface area contributed by atoms with Gasteiger partial charge in [-0.1, -0.05) is 47.5 Å². The standard InChI is InChI=1S/C18H14Cl2N4O4S/c1-23-16(17(25)18-21-7-8-24(18)29(26,27)28)13-4-2-3-12(15(13)22-23)11-6-5-10(19)9-14(11)20/h2-9,17,25H,1H3,(H,26,27,28). The molecule has 0 aliphatic carbocycles. The normalized spacial score (nSPS) is 13.1. The maximum absolute atomic E-state index is 11.6. The molecule has 1 atom stereocenters.